The Hall–Kier alpha value is -3.94. The van der Waals surface area contributed by atoms with E-state index in [0.717, 1.165) is 28.3 Å². The van der Waals surface area contributed by atoms with Gasteiger partial charge in [-0.15, -0.1) is 0 Å². The third-order valence-corrected chi connectivity index (χ3v) is 12.6. The van der Waals surface area contributed by atoms with Crippen LogP contribution in [0.1, 0.15) is 23.8 Å². The van der Waals surface area contributed by atoms with E-state index in [0.29, 0.717) is 0 Å². The Morgan fingerprint density at radius 2 is 1.70 bits per heavy atom. The number of hydrogen-bond donors (Lipinski definition) is 10. The van der Waals surface area contributed by atoms with Crippen molar-refractivity contribution in [3.05, 3.63) is 56.8 Å². The lowest BCUT2D eigenvalue weighted by atomic mass is 10.1. The van der Waals surface area contributed by atoms with Crippen molar-refractivity contribution in [3.63, 3.8) is 0 Å². The lowest BCUT2D eigenvalue weighted by molar-refractivity contribution is -0.0791. The normalized spacial score (nSPS) is 22.8. The standard InChI is InChI=1S/C28H36N9O17P3/c1-11-5-13-14(6-12(11)2)36(25-19(33-13)26(42)35-28(43)34-25)7-15(38)20(40)16(39)8-51-57(49,50)54-55(44,45)4-3-17-21(41)22(53-56(46,47)48)27(52-17)37-10-32-18-23(29)30-9-31-24(18)37/h5-6,9-10,15-17,20-22,27,38-41H,3-4,7-8H2,1-2H3,(H,44,45)(H,49,50)(H2,29,30,31)(H,35,42,43)(H2,46,47,48)/t15-,16+,17+,20-,21+,22+,27?/m0/s1. The summed E-state index contributed by atoms with van der Waals surface area (Å²) in [7, 11) is -15.9. The van der Waals surface area contributed by atoms with Crippen LogP contribution in [0.15, 0.2) is 34.4 Å². The molecule has 1 saturated heterocycles. The van der Waals surface area contributed by atoms with Crippen molar-refractivity contribution in [2.45, 2.75) is 69.7 Å². The highest BCUT2D eigenvalue weighted by Crippen LogP contribution is 2.60. The topological polar surface area (TPSA) is 400 Å². The quantitative estimate of drug-likeness (QED) is 0.0408. The number of nitrogen functional groups attached to an aromatic ring is 1. The van der Waals surface area contributed by atoms with E-state index in [1.54, 1.807) is 26.0 Å². The highest BCUT2D eigenvalue weighted by atomic mass is 31.3. The van der Waals surface area contributed by atoms with E-state index < -0.39 is 103 Å². The van der Waals surface area contributed by atoms with Crippen LogP contribution < -0.4 is 17.0 Å². The summed E-state index contributed by atoms with van der Waals surface area (Å²) < 4.78 is 59.2. The maximum atomic E-state index is 12.9. The molecule has 9 atom stereocenters. The highest BCUT2D eigenvalue weighted by molar-refractivity contribution is 7.64. The molecule has 0 radical (unpaired) electrons. The van der Waals surface area contributed by atoms with Crippen LogP contribution in [0.25, 0.3) is 33.7 Å². The second-order valence-electron chi connectivity index (χ2n) is 13.0. The second kappa shape index (κ2) is 16.0. The van der Waals surface area contributed by atoms with E-state index in [9.17, 15) is 63.3 Å². The van der Waals surface area contributed by atoms with Gasteiger partial charge >= 0.3 is 28.9 Å². The van der Waals surface area contributed by atoms with Crippen molar-refractivity contribution >= 4 is 51.3 Å². The first-order valence-electron chi connectivity index (χ1n) is 16.5. The molecule has 0 spiro atoms. The molecule has 0 amide bonds. The number of fused-ring (bicyclic) bond motifs is 3. The van der Waals surface area contributed by atoms with Gasteiger partial charge in [0.15, 0.2) is 29.2 Å². The van der Waals surface area contributed by atoms with Crippen molar-refractivity contribution in [1.82, 2.24) is 39.0 Å². The Morgan fingerprint density at radius 3 is 2.40 bits per heavy atom. The number of hydrogen-bond acceptors (Lipinski definition) is 19. The third-order valence-electron chi connectivity index (χ3n) is 8.95. The van der Waals surface area contributed by atoms with Crippen molar-refractivity contribution in [3.8, 4) is 11.5 Å². The zero-order valence-corrected chi connectivity index (χ0v) is 32.2. The maximum Gasteiger partial charge on any atom is 0.479 e. The summed E-state index contributed by atoms with van der Waals surface area (Å²) >= 11 is 0. The molecule has 0 saturated carbocycles. The van der Waals surface area contributed by atoms with Crippen molar-refractivity contribution in [1.29, 1.82) is 0 Å². The van der Waals surface area contributed by atoms with Gasteiger partial charge in [0.2, 0.25) is 0 Å². The number of rotatable bonds is 15. The van der Waals surface area contributed by atoms with Crippen LogP contribution in [0.5, 0.6) is 0 Å². The first kappa shape index (κ1) is 42.7. The SMILES string of the molecule is Cc1cc2nc3c(=O)[nH]c(=O)nc-3n(C[C@H](O)[C@H](O)[C@H](O)COP(=O)(O)OP(=O)(O)CC[C@H]3OC(n4cnc5c(N)ncnc54)[C@H](OP(=O)(O)O)[C@@H]3O)c2cc1C. The van der Waals surface area contributed by atoms with Gasteiger partial charge in [0, 0.05) is 0 Å². The molecule has 57 heavy (non-hydrogen) atoms. The number of aromatic amines is 1. The number of nitrogens with two attached hydrogens (primary N) is 1. The fraction of sp³-hybridized carbons (Fsp3) is 0.464. The zero-order valence-electron chi connectivity index (χ0n) is 29.5. The molecule has 0 bridgehead atoms. The molecular weight excluding hydrogens is 827 g/mol. The number of aromatic nitrogens is 8. The molecule has 3 aliphatic rings. The van der Waals surface area contributed by atoms with Gasteiger partial charge < -0.3 is 55.0 Å². The van der Waals surface area contributed by atoms with Gasteiger partial charge in [-0.05, 0) is 43.5 Å². The summed E-state index contributed by atoms with van der Waals surface area (Å²) in [6, 6.07) is 3.28. The van der Waals surface area contributed by atoms with Crippen LogP contribution in [-0.2, 0) is 38.3 Å². The van der Waals surface area contributed by atoms with Crippen molar-refractivity contribution in [2.24, 2.45) is 0 Å². The molecule has 29 heteroatoms. The fourth-order valence-corrected chi connectivity index (χ4v) is 9.35. The van der Waals surface area contributed by atoms with Gasteiger partial charge in [-0.2, -0.15) is 4.98 Å². The number of ether oxygens (including phenoxy) is 1. The van der Waals surface area contributed by atoms with Crippen LogP contribution in [0.2, 0.25) is 0 Å². The Balaban J connectivity index is 1.10. The molecule has 1 aromatic carbocycles. The number of aliphatic hydroxyl groups is 4. The van der Waals surface area contributed by atoms with Gasteiger partial charge in [0.25, 0.3) is 5.56 Å². The first-order valence-corrected chi connectivity index (χ1v) is 21.3. The predicted octanol–water partition coefficient (Wildman–Crippen LogP) is -1.85. The molecule has 5 heterocycles. The number of benzene rings is 1. The minimum absolute atomic E-state index is 0.0174. The summed E-state index contributed by atoms with van der Waals surface area (Å²) in [4.78, 5) is 86.1. The van der Waals surface area contributed by atoms with E-state index in [2.05, 4.69) is 33.8 Å². The van der Waals surface area contributed by atoms with Crippen LogP contribution >= 0.6 is 23.2 Å². The summed E-state index contributed by atoms with van der Waals surface area (Å²) in [5.74, 6) is -0.310. The molecule has 11 N–H and O–H groups in total. The van der Waals surface area contributed by atoms with Gasteiger partial charge in [0.1, 0.15) is 42.4 Å². The molecule has 3 aliphatic heterocycles. The molecular formula is C28H36N9O17P3. The smallest absolute Gasteiger partial charge is 0.388 e. The average molecular weight is 864 g/mol. The number of nitrogens with zero attached hydrogens (tertiary/aromatic N) is 7. The average Bonchev–Trinajstić information content (AvgIpc) is 3.67. The van der Waals surface area contributed by atoms with E-state index in [-0.39, 0.29) is 39.5 Å². The van der Waals surface area contributed by atoms with Gasteiger partial charge in [-0.3, -0.25) is 28.0 Å². The first-order chi connectivity index (χ1) is 26.5. The Kier molecular flexibility index (Phi) is 12.0. The zero-order chi connectivity index (χ0) is 41.8. The monoisotopic (exact) mass is 863 g/mol. The Labute approximate surface area is 318 Å². The summed E-state index contributed by atoms with van der Waals surface area (Å²) in [6.45, 7) is 1.71. The predicted molar refractivity (Wildman–Crippen MR) is 191 cm³/mol. The number of anilines is 1. The van der Waals surface area contributed by atoms with Crippen LogP contribution in [0.4, 0.5) is 5.82 Å². The van der Waals surface area contributed by atoms with Gasteiger partial charge in [-0.1, -0.05) is 0 Å². The Morgan fingerprint density at radius 1 is 1.00 bits per heavy atom. The van der Waals surface area contributed by atoms with Crippen LogP contribution in [0, 0.1) is 13.8 Å². The van der Waals surface area contributed by atoms with E-state index in [4.69, 9.17) is 15.0 Å². The molecule has 26 nitrogen and oxygen atoms in total. The van der Waals surface area contributed by atoms with E-state index in [1.165, 1.54) is 4.57 Å². The number of H-pyrrole nitrogens is 1. The third kappa shape index (κ3) is 9.36. The number of imidazole rings is 1. The molecule has 0 aliphatic carbocycles. The summed E-state index contributed by atoms with van der Waals surface area (Å²) in [5.41, 5.74) is 5.83. The molecule has 2 aromatic heterocycles. The number of phosphoric ester groups is 2. The highest BCUT2D eigenvalue weighted by Gasteiger charge is 2.49. The lowest BCUT2D eigenvalue weighted by Crippen LogP contribution is -2.42. The van der Waals surface area contributed by atoms with Crippen molar-refractivity contribution < 1.29 is 71.8 Å². The largest absolute Gasteiger partial charge is 0.479 e. The van der Waals surface area contributed by atoms with Gasteiger partial charge in [-0.25, -0.2) is 38.2 Å². The lowest BCUT2D eigenvalue weighted by Gasteiger charge is -2.26. The number of phosphoric acid groups is 2. The molecule has 310 valence electrons. The Bertz CT molecular complexity index is 2550. The summed E-state index contributed by atoms with van der Waals surface area (Å²) in [5, 5.41) is 43.1. The van der Waals surface area contributed by atoms with E-state index >= 15 is 0 Å². The second-order valence-corrected chi connectivity index (χ2v) is 17.8. The molecule has 3 aromatic rings. The van der Waals surface area contributed by atoms with Crippen molar-refractivity contribution in [2.75, 3.05) is 18.5 Å². The minimum atomic E-state index is -5.52. The maximum absolute atomic E-state index is 12.9. The van der Waals surface area contributed by atoms with Crippen LogP contribution in [-0.4, -0.2) is 128 Å². The van der Waals surface area contributed by atoms with Gasteiger partial charge in [0.05, 0.1) is 42.8 Å². The number of aryl methyl sites for hydroxylation is 2. The molecule has 6 rings (SSSR count). The fourth-order valence-electron chi connectivity index (χ4n) is 6.08. The van der Waals surface area contributed by atoms with E-state index in [1.807, 2.05) is 4.98 Å². The molecule has 1 fully saturated rings. The van der Waals surface area contributed by atoms with Crippen LogP contribution in [0.3, 0.4) is 0 Å². The number of aliphatic hydroxyl groups excluding tert-OH is 4. The molecule has 3 unspecified atom stereocenters. The minimum Gasteiger partial charge on any atom is -0.388 e. The summed E-state index contributed by atoms with van der Waals surface area (Å²) in [6.07, 6.45) is -12.3. The number of nitrogens with one attached hydrogen (secondary N) is 1.